The predicted molar refractivity (Wildman–Crippen MR) is 170 cm³/mol. The average Bonchev–Trinajstić information content (AvgIpc) is 3.77. The Bertz CT molecular complexity index is 1070. The molecule has 45 heavy (non-hydrogen) atoms. The molecule has 11 heteroatoms. The summed E-state index contributed by atoms with van der Waals surface area (Å²) in [5, 5.41) is 35.0. The number of allylic oxidation sites excluding steroid dienone is 2. The molecule has 2 fully saturated rings. The van der Waals surface area contributed by atoms with Crippen LogP contribution in [0.4, 0.5) is 4.79 Å². The van der Waals surface area contributed by atoms with E-state index in [1.807, 2.05) is 40.7 Å². The number of carbonyl (C=O) groups is 2. The summed E-state index contributed by atoms with van der Waals surface area (Å²) >= 11 is 0. The van der Waals surface area contributed by atoms with Gasteiger partial charge >= 0.3 is 12.1 Å². The number of ether oxygens (including phenoxy) is 4. The van der Waals surface area contributed by atoms with Crippen LogP contribution < -0.4 is 5.32 Å². The van der Waals surface area contributed by atoms with Crippen LogP contribution in [0.15, 0.2) is 36.0 Å². The molecule has 2 saturated heterocycles. The zero-order valence-electron chi connectivity index (χ0n) is 28.1. The van der Waals surface area contributed by atoms with Gasteiger partial charge in [0.05, 0.1) is 36.4 Å². The zero-order valence-corrected chi connectivity index (χ0v) is 28.1. The Morgan fingerprint density at radius 2 is 2.00 bits per heavy atom. The Hall–Kier alpha value is -2.28. The Kier molecular flexibility index (Phi) is 13.6. The molecule has 3 aliphatic heterocycles. The molecule has 256 valence electrons. The van der Waals surface area contributed by atoms with E-state index in [0.717, 1.165) is 5.57 Å². The van der Waals surface area contributed by atoms with E-state index in [4.69, 9.17) is 18.9 Å². The molecule has 4 N–H and O–H groups in total. The summed E-state index contributed by atoms with van der Waals surface area (Å²) in [6.45, 7) is 13.7. The maximum absolute atomic E-state index is 13.1. The molecule has 10 atom stereocenters. The second-order valence-electron chi connectivity index (χ2n) is 13.4. The van der Waals surface area contributed by atoms with Crippen molar-refractivity contribution in [1.82, 2.24) is 10.2 Å². The van der Waals surface area contributed by atoms with Gasteiger partial charge in [-0.05, 0) is 51.7 Å². The van der Waals surface area contributed by atoms with Gasteiger partial charge in [-0.25, -0.2) is 4.79 Å². The van der Waals surface area contributed by atoms with E-state index < -0.39 is 47.7 Å². The number of aliphatic hydroxyl groups excluding tert-OH is 2. The molecule has 0 aromatic heterocycles. The molecule has 2 unspecified atom stereocenters. The van der Waals surface area contributed by atoms with Crippen molar-refractivity contribution in [2.24, 2.45) is 11.8 Å². The van der Waals surface area contributed by atoms with Crippen LogP contribution in [0.3, 0.4) is 0 Å². The van der Waals surface area contributed by atoms with E-state index in [9.17, 15) is 24.9 Å². The Morgan fingerprint density at radius 3 is 2.64 bits per heavy atom. The highest BCUT2D eigenvalue weighted by atomic mass is 16.6. The highest BCUT2D eigenvalue weighted by Crippen LogP contribution is 2.37. The van der Waals surface area contributed by atoms with E-state index in [1.165, 1.54) is 0 Å². The molecule has 3 rings (SSSR count). The molecule has 0 aromatic carbocycles. The number of amides is 1. The SMILES string of the molecule is CC[C@H](O)[C@@H](C)C1OC1C[C@@](C)(O)/C=C/C=C(\C)[C@H]1OC(=O)C[C@H](O)CC[C@@](C)(OC)[C@@H](OC(=O)N2CCNCC2)/C=C/[C@@H]1C. The van der Waals surface area contributed by atoms with Crippen molar-refractivity contribution < 1.29 is 43.9 Å². The Morgan fingerprint density at radius 1 is 1.31 bits per heavy atom. The van der Waals surface area contributed by atoms with Gasteiger partial charge in [-0.3, -0.25) is 4.79 Å². The van der Waals surface area contributed by atoms with Crippen LogP contribution in [-0.2, 0) is 23.7 Å². The first-order valence-corrected chi connectivity index (χ1v) is 16.4. The lowest BCUT2D eigenvalue weighted by atomic mass is 9.88. The van der Waals surface area contributed by atoms with E-state index in [1.54, 1.807) is 43.2 Å². The molecule has 0 aliphatic carbocycles. The lowest BCUT2D eigenvalue weighted by molar-refractivity contribution is -0.151. The molecule has 0 spiro atoms. The largest absolute Gasteiger partial charge is 0.457 e. The normalized spacial score (nSPS) is 35.4. The monoisotopic (exact) mass is 636 g/mol. The van der Waals surface area contributed by atoms with Gasteiger partial charge in [0.25, 0.3) is 0 Å². The summed E-state index contributed by atoms with van der Waals surface area (Å²) in [5.74, 6) is -0.833. The first-order chi connectivity index (χ1) is 21.2. The number of carbonyl (C=O) groups excluding carboxylic acids is 2. The van der Waals surface area contributed by atoms with Crippen molar-refractivity contribution in [3.63, 3.8) is 0 Å². The molecule has 0 radical (unpaired) electrons. The van der Waals surface area contributed by atoms with E-state index in [0.29, 0.717) is 45.4 Å². The number of methoxy groups -OCH3 is 1. The van der Waals surface area contributed by atoms with Crippen molar-refractivity contribution in [2.75, 3.05) is 33.3 Å². The lowest BCUT2D eigenvalue weighted by Gasteiger charge is -2.37. The van der Waals surface area contributed by atoms with Crippen LogP contribution in [0, 0.1) is 11.8 Å². The van der Waals surface area contributed by atoms with Crippen LogP contribution in [0.5, 0.6) is 0 Å². The molecule has 3 heterocycles. The third-order valence-corrected chi connectivity index (χ3v) is 9.42. The fourth-order valence-electron chi connectivity index (χ4n) is 6.04. The van der Waals surface area contributed by atoms with Gasteiger partial charge in [0.1, 0.15) is 11.7 Å². The van der Waals surface area contributed by atoms with Crippen LogP contribution in [0.1, 0.15) is 73.6 Å². The average molecular weight is 637 g/mol. The third-order valence-electron chi connectivity index (χ3n) is 9.42. The van der Waals surface area contributed by atoms with E-state index in [-0.39, 0.29) is 36.9 Å². The number of rotatable bonds is 10. The van der Waals surface area contributed by atoms with E-state index in [2.05, 4.69) is 5.32 Å². The quantitative estimate of drug-likeness (QED) is 0.122. The topological polar surface area (TPSA) is 150 Å². The van der Waals surface area contributed by atoms with Crippen molar-refractivity contribution in [3.05, 3.63) is 36.0 Å². The second-order valence-corrected chi connectivity index (χ2v) is 13.4. The van der Waals surface area contributed by atoms with Gasteiger partial charge in [-0.2, -0.15) is 0 Å². The van der Waals surface area contributed by atoms with Gasteiger partial charge in [-0.1, -0.05) is 45.1 Å². The summed E-state index contributed by atoms with van der Waals surface area (Å²) in [4.78, 5) is 27.6. The first kappa shape index (κ1) is 37.2. The molecule has 0 saturated carbocycles. The number of epoxide rings is 1. The van der Waals surface area contributed by atoms with Crippen LogP contribution >= 0.6 is 0 Å². The number of esters is 1. The molecule has 0 aromatic rings. The lowest BCUT2D eigenvalue weighted by Crippen LogP contribution is -2.50. The van der Waals surface area contributed by atoms with Crippen LogP contribution in [-0.4, -0.2) is 113 Å². The summed E-state index contributed by atoms with van der Waals surface area (Å²) in [7, 11) is 1.55. The minimum Gasteiger partial charge on any atom is -0.457 e. The van der Waals surface area contributed by atoms with Crippen molar-refractivity contribution >= 4 is 12.1 Å². The Labute approximate surface area is 268 Å². The standard InChI is InChI=1S/C34H56N2O9/c1-8-26(38)24(4)31-27(43-31)21-33(5,41)14-9-10-22(2)30-23(3)11-12-28(44-32(40)36-18-16-35-17-19-36)34(6,42-7)15-13-25(37)20-29(39)45-30/h9-12,14,23-28,30-31,35,37-38,41H,8,13,15-21H2,1-7H3/b12-11+,14-9+,22-10+/t23-,24+,25+,26-,27?,28-,30+,31?,33-,34+/m0/s1. The fraction of sp³-hybridized carbons (Fsp3) is 0.765. The highest BCUT2D eigenvalue weighted by molar-refractivity contribution is 5.70. The van der Waals surface area contributed by atoms with Gasteiger partial charge in [0.2, 0.25) is 0 Å². The maximum Gasteiger partial charge on any atom is 0.410 e. The minimum absolute atomic E-state index is 0.00213. The number of nitrogens with zero attached hydrogens (tertiary/aromatic N) is 1. The third kappa shape index (κ3) is 10.9. The summed E-state index contributed by atoms with van der Waals surface area (Å²) in [5.41, 5.74) is -1.34. The van der Waals surface area contributed by atoms with E-state index >= 15 is 0 Å². The summed E-state index contributed by atoms with van der Waals surface area (Å²) in [6.07, 6.45) is 6.95. The number of piperazine rings is 1. The van der Waals surface area contributed by atoms with Crippen molar-refractivity contribution in [3.8, 4) is 0 Å². The fourth-order valence-corrected chi connectivity index (χ4v) is 6.04. The number of aliphatic hydroxyl groups is 3. The Balaban J connectivity index is 1.77. The summed E-state index contributed by atoms with van der Waals surface area (Å²) < 4.78 is 23.5. The van der Waals surface area contributed by atoms with Crippen molar-refractivity contribution in [2.45, 2.75) is 121 Å². The highest BCUT2D eigenvalue weighted by Gasteiger charge is 2.47. The predicted octanol–water partition coefficient (Wildman–Crippen LogP) is 3.27. The summed E-state index contributed by atoms with van der Waals surface area (Å²) in [6, 6.07) is 0. The smallest absolute Gasteiger partial charge is 0.410 e. The second kappa shape index (κ2) is 16.5. The van der Waals surface area contributed by atoms with Gasteiger partial charge in [-0.15, -0.1) is 0 Å². The molecular weight excluding hydrogens is 580 g/mol. The van der Waals surface area contributed by atoms with Crippen molar-refractivity contribution in [1.29, 1.82) is 0 Å². The molecular formula is C34H56N2O9. The maximum atomic E-state index is 13.1. The van der Waals surface area contributed by atoms with Crippen LogP contribution in [0.25, 0.3) is 0 Å². The molecule has 11 nitrogen and oxygen atoms in total. The number of hydrogen-bond donors (Lipinski definition) is 4. The first-order valence-electron chi connectivity index (χ1n) is 16.4. The minimum atomic E-state index is -1.14. The number of hydrogen-bond acceptors (Lipinski definition) is 10. The molecule has 0 bridgehead atoms. The zero-order chi connectivity index (χ0) is 33.4. The van der Waals surface area contributed by atoms with Gasteiger partial charge in [0.15, 0.2) is 6.10 Å². The van der Waals surface area contributed by atoms with Gasteiger partial charge < -0.3 is 44.5 Å². The molecule has 3 aliphatic rings. The number of cyclic esters (lactones) is 1. The number of nitrogens with one attached hydrogen (secondary N) is 1. The molecule has 1 amide bonds. The van der Waals surface area contributed by atoms with Gasteiger partial charge in [0, 0.05) is 51.5 Å². The van der Waals surface area contributed by atoms with Crippen LogP contribution in [0.2, 0.25) is 0 Å².